The fraction of sp³-hybridized carbons (Fsp3) is 0.259. The molecule has 1 aliphatic heterocycles. The molecule has 0 atom stereocenters. The number of sulfonamides is 1. The molecule has 0 radical (unpaired) electrons. The van der Waals surface area contributed by atoms with Crippen molar-refractivity contribution >= 4 is 49.7 Å². The number of aromatic nitrogens is 2. The van der Waals surface area contributed by atoms with Crippen LogP contribution in [0.1, 0.15) is 19.8 Å². The van der Waals surface area contributed by atoms with Crippen molar-refractivity contribution in [2.24, 2.45) is 10.6 Å². The monoisotopic (exact) mass is 565 g/mol. The minimum Gasteiger partial charge on any atom is -0.341 e. The molecule has 39 heavy (non-hydrogen) atoms. The first kappa shape index (κ1) is 25.4. The SMILES string of the molecule is CCN(c1cc(F)cc(-c2ccc(N3CC4(CC4)CS3(=O)=O)nc2)c1)c1cc(=N)n(N=N)c2cc(Cl)ccc12. The van der Waals surface area contributed by atoms with Crippen LogP contribution in [0.2, 0.25) is 5.02 Å². The molecule has 0 bridgehead atoms. The van der Waals surface area contributed by atoms with Gasteiger partial charge in [0, 0.05) is 52.4 Å². The zero-order valence-corrected chi connectivity index (χ0v) is 22.6. The molecule has 2 aliphatic rings. The average Bonchev–Trinajstić information content (AvgIpc) is 3.59. The summed E-state index contributed by atoms with van der Waals surface area (Å²) in [5.41, 5.74) is 10.3. The molecule has 4 aromatic rings. The van der Waals surface area contributed by atoms with Gasteiger partial charge in [-0.3, -0.25) is 9.71 Å². The zero-order valence-electron chi connectivity index (χ0n) is 21.0. The van der Waals surface area contributed by atoms with Gasteiger partial charge in [0.25, 0.3) is 0 Å². The molecular weight excluding hydrogens is 541 g/mol. The minimum atomic E-state index is -3.39. The molecular formula is C27H25ClFN7O2S. The fourth-order valence-corrected chi connectivity index (χ4v) is 7.67. The van der Waals surface area contributed by atoms with Crippen molar-refractivity contribution in [3.05, 3.63) is 77.1 Å². The first-order valence-corrected chi connectivity index (χ1v) is 14.4. The number of benzene rings is 2. The van der Waals surface area contributed by atoms with E-state index in [4.69, 9.17) is 22.5 Å². The fourth-order valence-electron chi connectivity index (χ4n) is 5.34. The largest absolute Gasteiger partial charge is 0.341 e. The quantitative estimate of drug-likeness (QED) is 0.285. The second kappa shape index (κ2) is 9.13. The van der Waals surface area contributed by atoms with E-state index in [1.54, 1.807) is 42.6 Å². The second-order valence-corrected chi connectivity index (χ2v) is 12.4. The van der Waals surface area contributed by atoms with Crippen LogP contribution in [0.25, 0.3) is 22.0 Å². The summed E-state index contributed by atoms with van der Waals surface area (Å²) in [6.45, 7) is 2.85. The van der Waals surface area contributed by atoms with Crippen molar-refractivity contribution in [3.63, 3.8) is 0 Å². The molecule has 1 saturated heterocycles. The lowest BCUT2D eigenvalue weighted by molar-refractivity contribution is 0.593. The van der Waals surface area contributed by atoms with Gasteiger partial charge < -0.3 is 4.90 Å². The summed E-state index contributed by atoms with van der Waals surface area (Å²) in [7, 11) is -3.39. The van der Waals surface area contributed by atoms with Crippen molar-refractivity contribution in [1.82, 2.24) is 9.66 Å². The normalized spacial score (nSPS) is 17.1. The summed E-state index contributed by atoms with van der Waals surface area (Å²) in [6.07, 6.45) is 3.41. The number of pyridine rings is 2. The van der Waals surface area contributed by atoms with Gasteiger partial charge in [-0.15, -0.1) is 0 Å². The Kier molecular flexibility index (Phi) is 5.96. The topological polar surface area (TPSA) is 119 Å². The number of anilines is 3. The lowest BCUT2D eigenvalue weighted by Gasteiger charge is -2.26. The maximum Gasteiger partial charge on any atom is 0.236 e. The van der Waals surface area contributed by atoms with E-state index in [0.717, 1.165) is 12.8 Å². The van der Waals surface area contributed by atoms with Crippen LogP contribution < -0.4 is 14.7 Å². The molecule has 1 aliphatic carbocycles. The number of hydrogen-bond donors (Lipinski definition) is 2. The van der Waals surface area contributed by atoms with Gasteiger partial charge in [0.2, 0.25) is 10.0 Å². The Morgan fingerprint density at radius 3 is 2.56 bits per heavy atom. The smallest absolute Gasteiger partial charge is 0.236 e. The molecule has 1 spiro atoms. The molecule has 2 aromatic carbocycles. The number of nitrogens with one attached hydrogen (secondary N) is 2. The summed E-state index contributed by atoms with van der Waals surface area (Å²) < 4.78 is 42.9. The van der Waals surface area contributed by atoms with Crippen LogP contribution >= 0.6 is 11.6 Å². The summed E-state index contributed by atoms with van der Waals surface area (Å²) in [5.74, 6) is 0.0908. The van der Waals surface area contributed by atoms with Crippen LogP contribution in [0, 0.1) is 22.2 Å². The second-order valence-electron chi connectivity index (χ2n) is 10.1. The van der Waals surface area contributed by atoms with Gasteiger partial charge >= 0.3 is 0 Å². The predicted molar refractivity (Wildman–Crippen MR) is 148 cm³/mol. The molecule has 2 fully saturated rings. The Bertz CT molecular complexity index is 1800. The molecule has 0 unspecified atom stereocenters. The van der Waals surface area contributed by atoms with E-state index in [1.807, 2.05) is 17.9 Å². The van der Waals surface area contributed by atoms with Gasteiger partial charge in [0.05, 0.1) is 17.0 Å². The third-order valence-corrected chi connectivity index (χ3v) is 9.66. The van der Waals surface area contributed by atoms with Gasteiger partial charge in [-0.1, -0.05) is 16.8 Å². The highest BCUT2D eigenvalue weighted by atomic mass is 35.5. The lowest BCUT2D eigenvalue weighted by atomic mass is 10.1. The summed E-state index contributed by atoms with van der Waals surface area (Å²) in [6, 6.07) is 14.8. The van der Waals surface area contributed by atoms with Gasteiger partial charge in [-0.05, 0) is 73.9 Å². The summed E-state index contributed by atoms with van der Waals surface area (Å²) in [5, 5.41) is 13.0. The number of fused-ring (bicyclic) bond motifs is 1. The molecule has 1 saturated carbocycles. The Balaban J connectivity index is 1.39. The standard InChI is InChI=1S/C27H25ClFN7O2S/c1-2-34(23-13-25(30)36(33-31)24-11-19(28)4-5-22(23)24)21-10-18(9-20(29)12-21)17-3-6-26(32-14-17)35-15-27(7-8-27)16-39(35,37)38/h3-6,9-14,30-31H,2,7-8,15-16H2,1H3. The maximum absolute atomic E-state index is 15.0. The molecule has 0 amide bonds. The van der Waals surface area contributed by atoms with Gasteiger partial charge in [-0.25, -0.2) is 17.8 Å². The van der Waals surface area contributed by atoms with E-state index < -0.39 is 15.8 Å². The van der Waals surface area contributed by atoms with Crippen LogP contribution in [0.4, 0.5) is 21.6 Å². The van der Waals surface area contributed by atoms with E-state index in [2.05, 4.69) is 10.2 Å². The number of nitrogens with zero attached hydrogens (tertiary/aromatic N) is 5. The highest BCUT2D eigenvalue weighted by Crippen LogP contribution is 2.52. The minimum absolute atomic E-state index is 0.0190. The lowest BCUT2D eigenvalue weighted by Crippen LogP contribution is -2.26. The molecule has 2 N–H and O–H groups in total. The third-order valence-electron chi connectivity index (χ3n) is 7.46. The van der Waals surface area contributed by atoms with Crippen LogP contribution in [-0.2, 0) is 10.0 Å². The van der Waals surface area contributed by atoms with Crippen LogP contribution in [-0.4, -0.2) is 36.9 Å². The highest BCUT2D eigenvalue weighted by Gasteiger charge is 2.55. The van der Waals surface area contributed by atoms with E-state index in [9.17, 15) is 12.8 Å². The van der Waals surface area contributed by atoms with Crippen molar-refractivity contribution in [2.75, 3.05) is 28.0 Å². The summed E-state index contributed by atoms with van der Waals surface area (Å²) >= 11 is 6.19. The first-order chi connectivity index (χ1) is 18.6. The predicted octanol–water partition coefficient (Wildman–Crippen LogP) is 5.86. The number of hydrogen-bond acceptors (Lipinski definition) is 7. The maximum atomic E-state index is 15.0. The molecule has 12 heteroatoms. The number of rotatable bonds is 6. The van der Waals surface area contributed by atoms with E-state index in [-0.39, 0.29) is 16.7 Å². The van der Waals surface area contributed by atoms with Crippen LogP contribution in [0.15, 0.2) is 66.0 Å². The van der Waals surface area contributed by atoms with Crippen molar-refractivity contribution in [1.29, 1.82) is 10.9 Å². The summed E-state index contributed by atoms with van der Waals surface area (Å²) in [4.78, 5) is 6.31. The van der Waals surface area contributed by atoms with Gasteiger partial charge in [0.15, 0.2) is 0 Å². The molecule has 6 rings (SSSR count). The highest BCUT2D eigenvalue weighted by molar-refractivity contribution is 7.93. The number of halogens is 2. The third kappa shape index (κ3) is 4.45. The molecule has 9 nitrogen and oxygen atoms in total. The molecule has 2 aromatic heterocycles. The van der Waals surface area contributed by atoms with Crippen molar-refractivity contribution < 1.29 is 12.8 Å². The average molecular weight is 566 g/mol. The van der Waals surface area contributed by atoms with Crippen LogP contribution in [0.5, 0.6) is 0 Å². The first-order valence-electron chi connectivity index (χ1n) is 12.5. The Labute approximate surface area is 229 Å². The van der Waals surface area contributed by atoms with Gasteiger partial charge in [-0.2, -0.15) is 10.2 Å². The van der Waals surface area contributed by atoms with E-state index in [1.165, 1.54) is 21.1 Å². The van der Waals surface area contributed by atoms with Crippen molar-refractivity contribution in [2.45, 2.75) is 19.8 Å². The van der Waals surface area contributed by atoms with Gasteiger partial charge in [0.1, 0.15) is 17.1 Å². The molecule has 3 heterocycles. The van der Waals surface area contributed by atoms with E-state index >= 15 is 0 Å². The Hall–Kier alpha value is -3.83. The Morgan fingerprint density at radius 1 is 1.13 bits per heavy atom. The Morgan fingerprint density at radius 2 is 1.92 bits per heavy atom. The van der Waals surface area contributed by atoms with E-state index in [0.29, 0.717) is 57.3 Å². The van der Waals surface area contributed by atoms with Crippen LogP contribution in [0.3, 0.4) is 0 Å². The van der Waals surface area contributed by atoms with Crippen molar-refractivity contribution in [3.8, 4) is 11.1 Å². The molecule has 200 valence electrons. The zero-order chi connectivity index (χ0) is 27.5.